The van der Waals surface area contributed by atoms with E-state index in [2.05, 4.69) is 23.7 Å². The molecular formula is C16H23N3O. The van der Waals surface area contributed by atoms with Crippen LogP contribution in [0.5, 0.6) is 0 Å². The van der Waals surface area contributed by atoms with Crippen molar-refractivity contribution in [1.82, 2.24) is 9.88 Å². The quantitative estimate of drug-likeness (QED) is 0.819. The van der Waals surface area contributed by atoms with Gasteiger partial charge in [-0.05, 0) is 43.9 Å². The molecule has 1 saturated carbocycles. The van der Waals surface area contributed by atoms with E-state index in [4.69, 9.17) is 10.2 Å². The number of hydrogen-bond acceptors (Lipinski definition) is 4. The van der Waals surface area contributed by atoms with Crippen LogP contribution >= 0.6 is 0 Å². The second-order valence-electron chi connectivity index (χ2n) is 6.19. The molecule has 108 valence electrons. The van der Waals surface area contributed by atoms with Crippen LogP contribution in [-0.2, 0) is 6.54 Å². The lowest BCUT2D eigenvalue weighted by atomic mass is 10.1. The Morgan fingerprint density at radius 2 is 2.20 bits per heavy atom. The zero-order valence-corrected chi connectivity index (χ0v) is 12.3. The van der Waals surface area contributed by atoms with Crippen LogP contribution in [0.1, 0.15) is 39.0 Å². The number of nitrogen functional groups attached to an aromatic ring is 1. The van der Waals surface area contributed by atoms with Crippen molar-refractivity contribution in [3.05, 3.63) is 24.1 Å². The van der Waals surface area contributed by atoms with E-state index in [1.165, 1.54) is 19.3 Å². The van der Waals surface area contributed by atoms with Crippen molar-refractivity contribution in [3.63, 3.8) is 0 Å². The average Bonchev–Trinajstić information content (AvgIpc) is 3.15. The minimum absolute atomic E-state index is 0.692. The van der Waals surface area contributed by atoms with Gasteiger partial charge in [-0.1, -0.05) is 19.9 Å². The largest absolute Gasteiger partial charge is 0.439 e. The minimum Gasteiger partial charge on any atom is -0.439 e. The van der Waals surface area contributed by atoms with Gasteiger partial charge in [-0.25, -0.2) is 4.98 Å². The molecule has 1 aromatic heterocycles. The molecule has 2 aromatic rings. The van der Waals surface area contributed by atoms with Gasteiger partial charge in [-0.15, -0.1) is 0 Å². The number of anilines is 1. The molecule has 0 aliphatic heterocycles. The van der Waals surface area contributed by atoms with Gasteiger partial charge in [0.25, 0.3) is 0 Å². The van der Waals surface area contributed by atoms with Crippen LogP contribution < -0.4 is 5.73 Å². The van der Waals surface area contributed by atoms with E-state index in [0.717, 1.165) is 42.0 Å². The van der Waals surface area contributed by atoms with Gasteiger partial charge in [0.2, 0.25) is 5.89 Å². The Morgan fingerprint density at radius 1 is 1.40 bits per heavy atom. The second kappa shape index (κ2) is 5.44. The lowest BCUT2D eigenvalue weighted by molar-refractivity contribution is 0.219. The molecule has 1 fully saturated rings. The van der Waals surface area contributed by atoms with Crippen LogP contribution in [0.3, 0.4) is 0 Å². The molecule has 0 radical (unpaired) electrons. The summed E-state index contributed by atoms with van der Waals surface area (Å²) in [7, 11) is 0. The molecule has 1 aliphatic rings. The lowest BCUT2D eigenvalue weighted by Gasteiger charge is -2.21. The second-order valence-corrected chi connectivity index (χ2v) is 6.19. The smallest absolute Gasteiger partial charge is 0.209 e. The summed E-state index contributed by atoms with van der Waals surface area (Å²) in [4.78, 5) is 7.06. The summed E-state index contributed by atoms with van der Waals surface area (Å²) in [5, 5.41) is 0. The van der Waals surface area contributed by atoms with Gasteiger partial charge in [0.1, 0.15) is 5.52 Å². The number of oxazole rings is 1. The predicted molar refractivity (Wildman–Crippen MR) is 81.3 cm³/mol. The summed E-state index contributed by atoms with van der Waals surface area (Å²) in [6.45, 7) is 6.46. The summed E-state index contributed by atoms with van der Waals surface area (Å²) in [6.07, 6.45) is 3.83. The van der Waals surface area contributed by atoms with E-state index in [1.807, 2.05) is 18.2 Å². The lowest BCUT2D eigenvalue weighted by Crippen LogP contribution is -2.27. The Labute approximate surface area is 120 Å². The first-order chi connectivity index (χ1) is 9.63. The maximum atomic E-state index is 5.93. The van der Waals surface area contributed by atoms with Gasteiger partial charge >= 0.3 is 0 Å². The summed E-state index contributed by atoms with van der Waals surface area (Å²) in [6, 6.07) is 6.43. The standard InChI is InChI=1S/C16H23N3O/c1-11(2)8-9-19(12-6-7-12)10-15-18-16-13(17)4-3-5-14(16)20-15/h3-5,11-12H,6-10,17H2,1-2H3. The molecular weight excluding hydrogens is 250 g/mol. The number of rotatable bonds is 6. The zero-order chi connectivity index (χ0) is 14.1. The maximum Gasteiger partial charge on any atom is 0.209 e. The number of benzene rings is 1. The molecule has 0 spiro atoms. The highest BCUT2D eigenvalue weighted by Crippen LogP contribution is 2.30. The first-order valence-corrected chi connectivity index (χ1v) is 7.51. The van der Waals surface area contributed by atoms with Gasteiger partial charge < -0.3 is 10.2 Å². The number of aromatic nitrogens is 1. The number of nitrogens with zero attached hydrogens (tertiary/aromatic N) is 2. The molecule has 0 unspecified atom stereocenters. The number of nitrogens with two attached hydrogens (primary N) is 1. The van der Waals surface area contributed by atoms with Gasteiger partial charge in [0, 0.05) is 6.04 Å². The van der Waals surface area contributed by atoms with Crippen molar-refractivity contribution in [3.8, 4) is 0 Å². The summed E-state index contributed by atoms with van der Waals surface area (Å²) >= 11 is 0. The van der Waals surface area contributed by atoms with Gasteiger partial charge in [-0.3, -0.25) is 4.90 Å². The van der Waals surface area contributed by atoms with E-state index in [0.29, 0.717) is 5.69 Å². The van der Waals surface area contributed by atoms with Gasteiger partial charge in [0.05, 0.1) is 12.2 Å². The van der Waals surface area contributed by atoms with Gasteiger partial charge in [0.15, 0.2) is 5.58 Å². The van der Waals surface area contributed by atoms with Crippen molar-refractivity contribution < 1.29 is 4.42 Å². The number of para-hydroxylation sites is 1. The molecule has 1 aliphatic carbocycles. The van der Waals surface area contributed by atoms with Crippen LogP contribution in [0.2, 0.25) is 0 Å². The van der Waals surface area contributed by atoms with Crippen molar-refractivity contribution in [2.45, 2.75) is 45.7 Å². The SMILES string of the molecule is CC(C)CCN(Cc1nc2c(N)cccc2o1)C1CC1. The average molecular weight is 273 g/mol. The molecule has 4 nitrogen and oxygen atoms in total. The Balaban J connectivity index is 1.74. The highest BCUT2D eigenvalue weighted by Gasteiger charge is 2.29. The zero-order valence-electron chi connectivity index (χ0n) is 12.3. The van der Waals surface area contributed by atoms with E-state index < -0.39 is 0 Å². The highest BCUT2D eigenvalue weighted by atomic mass is 16.3. The highest BCUT2D eigenvalue weighted by molar-refractivity contribution is 5.85. The van der Waals surface area contributed by atoms with E-state index in [1.54, 1.807) is 0 Å². The van der Waals surface area contributed by atoms with Crippen molar-refractivity contribution in [1.29, 1.82) is 0 Å². The summed E-state index contributed by atoms with van der Waals surface area (Å²) in [5.74, 6) is 1.52. The van der Waals surface area contributed by atoms with Crippen molar-refractivity contribution in [2.24, 2.45) is 5.92 Å². The molecule has 3 rings (SSSR count). The fourth-order valence-electron chi connectivity index (χ4n) is 2.51. The first kappa shape index (κ1) is 13.4. The van der Waals surface area contributed by atoms with E-state index in [9.17, 15) is 0 Å². The Morgan fingerprint density at radius 3 is 2.85 bits per heavy atom. The van der Waals surface area contributed by atoms with E-state index in [-0.39, 0.29) is 0 Å². The molecule has 0 amide bonds. The molecule has 20 heavy (non-hydrogen) atoms. The van der Waals surface area contributed by atoms with Crippen molar-refractivity contribution in [2.75, 3.05) is 12.3 Å². The molecule has 1 heterocycles. The molecule has 0 bridgehead atoms. The van der Waals surface area contributed by atoms with Crippen LogP contribution in [0.25, 0.3) is 11.1 Å². The monoisotopic (exact) mass is 273 g/mol. The fourth-order valence-corrected chi connectivity index (χ4v) is 2.51. The topological polar surface area (TPSA) is 55.3 Å². The van der Waals surface area contributed by atoms with Crippen molar-refractivity contribution >= 4 is 16.8 Å². The normalized spacial score (nSPS) is 15.6. The van der Waals surface area contributed by atoms with Crippen LogP contribution in [0.15, 0.2) is 22.6 Å². The predicted octanol–water partition coefficient (Wildman–Crippen LogP) is 3.42. The summed E-state index contributed by atoms with van der Waals surface area (Å²) in [5.41, 5.74) is 8.21. The summed E-state index contributed by atoms with van der Waals surface area (Å²) < 4.78 is 5.83. The molecule has 1 aromatic carbocycles. The Kier molecular flexibility index (Phi) is 3.66. The molecule has 2 N–H and O–H groups in total. The maximum absolute atomic E-state index is 5.93. The number of fused-ring (bicyclic) bond motifs is 1. The Hall–Kier alpha value is -1.55. The van der Waals surface area contributed by atoms with E-state index >= 15 is 0 Å². The third kappa shape index (κ3) is 2.96. The third-order valence-corrected chi connectivity index (χ3v) is 3.89. The molecule has 0 atom stereocenters. The van der Waals surface area contributed by atoms with Gasteiger partial charge in [-0.2, -0.15) is 0 Å². The minimum atomic E-state index is 0.692. The Bertz CT molecular complexity index is 586. The third-order valence-electron chi connectivity index (χ3n) is 3.89. The van der Waals surface area contributed by atoms with Crippen LogP contribution in [0.4, 0.5) is 5.69 Å². The fraction of sp³-hybridized carbons (Fsp3) is 0.562. The van der Waals surface area contributed by atoms with Crippen LogP contribution in [-0.4, -0.2) is 22.5 Å². The molecule has 0 saturated heterocycles. The number of hydrogen-bond donors (Lipinski definition) is 1. The van der Waals surface area contributed by atoms with Crippen LogP contribution in [0, 0.1) is 5.92 Å². The first-order valence-electron chi connectivity index (χ1n) is 7.51. The molecule has 4 heteroatoms.